The van der Waals surface area contributed by atoms with Gasteiger partial charge in [0.25, 0.3) is 10.0 Å². The zero-order valence-corrected chi connectivity index (χ0v) is 10.9. The molecule has 1 heterocycles. The molecule has 0 unspecified atom stereocenters. The highest BCUT2D eigenvalue weighted by molar-refractivity contribution is 7.92. The normalized spacial score (nSPS) is 11.3. The third-order valence-corrected chi connectivity index (χ3v) is 3.94. The van der Waals surface area contributed by atoms with Gasteiger partial charge in [-0.1, -0.05) is 0 Å². The van der Waals surface area contributed by atoms with E-state index in [1.165, 1.54) is 24.5 Å². The highest BCUT2D eigenvalue weighted by Gasteiger charge is 2.20. The molecule has 0 atom stereocenters. The number of aryl methyl sites for hydroxylation is 1. The topological polar surface area (TPSA) is 85.1 Å². The van der Waals surface area contributed by atoms with E-state index in [4.69, 9.17) is 5.73 Å². The lowest BCUT2D eigenvalue weighted by atomic mass is 10.2. The van der Waals surface area contributed by atoms with E-state index in [1.807, 2.05) is 0 Å². The van der Waals surface area contributed by atoms with Gasteiger partial charge in [-0.05, 0) is 36.8 Å². The monoisotopic (exact) mass is 281 g/mol. The van der Waals surface area contributed by atoms with Gasteiger partial charge in [-0.25, -0.2) is 12.8 Å². The highest BCUT2D eigenvalue weighted by Crippen LogP contribution is 2.23. The Kier molecular flexibility index (Phi) is 3.39. The number of rotatable bonds is 3. The lowest BCUT2D eigenvalue weighted by Crippen LogP contribution is -2.15. The summed E-state index contributed by atoms with van der Waals surface area (Å²) in [6, 6.07) is 5.13. The molecule has 0 aliphatic carbocycles. The summed E-state index contributed by atoms with van der Waals surface area (Å²) in [5.41, 5.74) is 6.62. The number of nitrogens with one attached hydrogen (secondary N) is 1. The minimum absolute atomic E-state index is 0.219. The van der Waals surface area contributed by atoms with Gasteiger partial charge in [-0.2, -0.15) is 0 Å². The zero-order chi connectivity index (χ0) is 14.0. The van der Waals surface area contributed by atoms with Gasteiger partial charge in [-0.3, -0.25) is 9.71 Å². The third kappa shape index (κ3) is 2.82. The van der Waals surface area contributed by atoms with Crippen LogP contribution in [0.2, 0.25) is 0 Å². The van der Waals surface area contributed by atoms with E-state index in [0.717, 1.165) is 12.1 Å². The molecule has 0 fully saturated rings. The van der Waals surface area contributed by atoms with Crippen LogP contribution in [-0.4, -0.2) is 13.4 Å². The second-order valence-corrected chi connectivity index (χ2v) is 5.63. The Labute approximate surface area is 110 Å². The van der Waals surface area contributed by atoms with E-state index >= 15 is 0 Å². The summed E-state index contributed by atoms with van der Waals surface area (Å²) in [6.45, 7) is 1.60. The van der Waals surface area contributed by atoms with Crippen LogP contribution >= 0.6 is 0 Å². The number of nitrogen functional groups attached to an aromatic ring is 1. The largest absolute Gasteiger partial charge is 0.398 e. The van der Waals surface area contributed by atoms with Crippen LogP contribution in [-0.2, 0) is 10.0 Å². The SMILES string of the molecule is Cc1cc(F)c(S(=O)(=O)Nc2ccncc2)cc1N. The van der Waals surface area contributed by atoms with Crippen LogP contribution in [0.1, 0.15) is 5.56 Å². The average Bonchev–Trinajstić information content (AvgIpc) is 2.34. The van der Waals surface area contributed by atoms with E-state index in [9.17, 15) is 12.8 Å². The Balaban J connectivity index is 2.43. The standard InChI is InChI=1S/C12H12FN3O2S/c1-8-6-10(13)12(7-11(8)14)19(17,18)16-9-2-4-15-5-3-9/h2-7H,14H2,1H3,(H,15,16). The molecule has 19 heavy (non-hydrogen) atoms. The number of sulfonamides is 1. The minimum atomic E-state index is -4.02. The first-order valence-electron chi connectivity index (χ1n) is 5.38. The first kappa shape index (κ1) is 13.3. The van der Waals surface area contributed by atoms with Crippen LogP contribution in [0, 0.1) is 12.7 Å². The van der Waals surface area contributed by atoms with Crippen molar-refractivity contribution in [1.82, 2.24) is 4.98 Å². The summed E-state index contributed by atoms with van der Waals surface area (Å²) < 4.78 is 40.1. The Morgan fingerprint density at radius 2 is 1.89 bits per heavy atom. The molecule has 0 bridgehead atoms. The molecule has 5 nitrogen and oxygen atoms in total. The number of pyridine rings is 1. The summed E-state index contributed by atoms with van der Waals surface area (Å²) in [6.07, 6.45) is 2.86. The second kappa shape index (κ2) is 4.85. The number of aromatic nitrogens is 1. The summed E-state index contributed by atoms with van der Waals surface area (Å²) in [4.78, 5) is 3.28. The van der Waals surface area contributed by atoms with Crippen LogP contribution in [0.4, 0.5) is 15.8 Å². The number of hydrogen-bond acceptors (Lipinski definition) is 4. The second-order valence-electron chi connectivity index (χ2n) is 3.98. The molecule has 100 valence electrons. The maximum atomic E-state index is 13.7. The fraction of sp³-hybridized carbons (Fsp3) is 0.0833. The zero-order valence-electron chi connectivity index (χ0n) is 10.1. The summed E-state index contributed by atoms with van der Waals surface area (Å²) >= 11 is 0. The van der Waals surface area contributed by atoms with Crippen molar-refractivity contribution in [2.45, 2.75) is 11.8 Å². The molecule has 0 saturated heterocycles. The van der Waals surface area contributed by atoms with Gasteiger partial charge in [0.05, 0.1) is 5.69 Å². The molecule has 0 spiro atoms. The molecule has 0 saturated carbocycles. The molecule has 7 heteroatoms. The smallest absolute Gasteiger partial charge is 0.264 e. The first-order valence-corrected chi connectivity index (χ1v) is 6.87. The molecule has 0 amide bonds. The van der Waals surface area contributed by atoms with Crippen molar-refractivity contribution in [3.63, 3.8) is 0 Å². The maximum absolute atomic E-state index is 13.7. The van der Waals surface area contributed by atoms with E-state index < -0.39 is 20.7 Å². The Hall–Kier alpha value is -2.15. The molecule has 2 rings (SSSR count). The van der Waals surface area contributed by atoms with E-state index in [1.54, 1.807) is 6.92 Å². The molecular weight excluding hydrogens is 269 g/mol. The van der Waals surface area contributed by atoms with Gasteiger partial charge < -0.3 is 5.73 Å². The predicted octanol–water partition coefficient (Wildman–Crippen LogP) is 1.91. The maximum Gasteiger partial charge on any atom is 0.264 e. The quantitative estimate of drug-likeness (QED) is 0.842. The summed E-state index contributed by atoms with van der Waals surface area (Å²) in [5.74, 6) is -0.840. The van der Waals surface area contributed by atoms with Crippen molar-refractivity contribution in [2.24, 2.45) is 0 Å². The van der Waals surface area contributed by atoms with Crippen LogP contribution in [0.5, 0.6) is 0 Å². The number of nitrogens with zero attached hydrogens (tertiary/aromatic N) is 1. The predicted molar refractivity (Wildman–Crippen MR) is 70.6 cm³/mol. The average molecular weight is 281 g/mol. The van der Waals surface area contributed by atoms with E-state index in [0.29, 0.717) is 11.3 Å². The van der Waals surface area contributed by atoms with Gasteiger partial charge in [0.1, 0.15) is 10.7 Å². The van der Waals surface area contributed by atoms with Gasteiger partial charge >= 0.3 is 0 Å². The third-order valence-electron chi connectivity index (χ3n) is 2.54. The van der Waals surface area contributed by atoms with Gasteiger partial charge in [0.15, 0.2) is 0 Å². The van der Waals surface area contributed by atoms with Crippen molar-refractivity contribution in [2.75, 3.05) is 10.5 Å². The lowest BCUT2D eigenvalue weighted by Gasteiger charge is -2.10. The van der Waals surface area contributed by atoms with E-state index in [-0.39, 0.29) is 5.69 Å². The van der Waals surface area contributed by atoms with Gasteiger partial charge in [0.2, 0.25) is 0 Å². The molecule has 2 aromatic rings. The van der Waals surface area contributed by atoms with Crippen molar-refractivity contribution in [3.05, 3.63) is 48.0 Å². The lowest BCUT2D eigenvalue weighted by molar-refractivity contribution is 0.570. The fourth-order valence-electron chi connectivity index (χ4n) is 1.50. The van der Waals surface area contributed by atoms with Crippen molar-refractivity contribution < 1.29 is 12.8 Å². The highest BCUT2D eigenvalue weighted by atomic mass is 32.2. The molecule has 0 aliphatic heterocycles. The molecule has 1 aromatic heterocycles. The van der Waals surface area contributed by atoms with Crippen LogP contribution in [0.3, 0.4) is 0 Å². The minimum Gasteiger partial charge on any atom is -0.398 e. The number of hydrogen-bond donors (Lipinski definition) is 2. The van der Waals surface area contributed by atoms with Crippen LogP contribution in [0.25, 0.3) is 0 Å². The summed E-state index contributed by atoms with van der Waals surface area (Å²) in [5, 5.41) is 0. The number of anilines is 2. The van der Waals surface area contributed by atoms with Crippen molar-refractivity contribution in [3.8, 4) is 0 Å². The number of benzene rings is 1. The number of nitrogens with two attached hydrogens (primary N) is 1. The number of halogens is 1. The molecule has 1 aromatic carbocycles. The van der Waals surface area contributed by atoms with Crippen molar-refractivity contribution in [1.29, 1.82) is 0 Å². The Morgan fingerprint density at radius 1 is 1.26 bits per heavy atom. The fourth-order valence-corrected chi connectivity index (χ4v) is 2.66. The Bertz CT molecular complexity index is 702. The summed E-state index contributed by atoms with van der Waals surface area (Å²) in [7, 11) is -4.02. The Morgan fingerprint density at radius 3 is 2.53 bits per heavy atom. The van der Waals surface area contributed by atoms with Gasteiger partial charge in [0, 0.05) is 18.1 Å². The molecule has 0 radical (unpaired) electrons. The van der Waals surface area contributed by atoms with Crippen molar-refractivity contribution >= 4 is 21.4 Å². The van der Waals surface area contributed by atoms with Crippen LogP contribution in [0.15, 0.2) is 41.6 Å². The van der Waals surface area contributed by atoms with Crippen LogP contribution < -0.4 is 10.5 Å². The van der Waals surface area contributed by atoms with Gasteiger partial charge in [-0.15, -0.1) is 0 Å². The van der Waals surface area contributed by atoms with E-state index in [2.05, 4.69) is 9.71 Å². The molecule has 0 aliphatic rings. The first-order chi connectivity index (χ1) is 8.90. The molecular formula is C12H12FN3O2S. The molecule has 3 N–H and O–H groups in total.